The fourth-order valence-corrected chi connectivity index (χ4v) is 5.59. The van der Waals surface area contributed by atoms with Gasteiger partial charge >= 0.3 is 0 Å². The van der Waals surface area contributed by atoms with Gasteiger partial charge in [-0.3, -0.25) is 19.3 Å². The summed E-state index contributed by atoms with van der Waals surface area (Å²) in [7, 11) is 0. The van der Waals surface area contributed by atoms with E-state index < -0.39 is 0 Å². The van der Waals surface area contributed by atoms with E-state index in [1.807, 2.05) is 23.1 Å². The molecule has 5 rings (SSSR count). The molecule has 0 N–H and O–H groups in total. The number of imide groups is 1. The molecule has 2 heterocycles. The number of benzene rings is 2. The lowest BCUT2D eigenvalue weighted by atomic mass is 9.78. The van der Waals surface area contributed by atoms with Gasteiger partial charge < -0.3 is 4.90 Å². The zero-order valence-corrected chi connectivity index (χ0v) is 17.9. The van der Waals surface area contributed by atoms with Crippen LogP contribution in [0.15, 0.2) is 48.5 Å². The molecule has 2 aromatic rings. The van der Waals surface area contributed by atoms with Crippen LogP contribution in [0.25, 0.3) is 0 Å². The lowest BCUT2D eigenvalue weighted by Gasteiger charge is -2.42. The van der Waals surface area contributed by atoms with E-state index in [9.17, 15) is 14.4 Å². The second kappa shape index (κ2) is 7.95. The molecule has 0 aromatic heterocycles. The van der Waals surface area contributed by atoms with Gasteiger partial charge in [-0.05, 0) is 48.4 Å². The maximum atomic E-state index is 13.7. The molecular weight excluding hydrogens is 388 g/mol. The fraction of sp³-hybridized carbons (Fsp3) is 0.423. The van der Waals surface area contributed by atoms with Gasteiger partial charge in [0.05, 0.1) is 23.7 Å². The predicted molar refractivity (Wildman–Crippen MR) is 118 cm³/mol. The van der Waals surface area contributed by atoms with E-state index >= 15 is 0 Å². The van der Waals surface area contributed by atoms with Gasteiger partial charge in [-0.15, -0.1) is 0 Å². The Morgan fingerprint density at radius 2 is 1.58 bits per heavy atom. The Morgan fingerprint density at radius 1 is 0.935 bits per heavy atom. The summed E-state index contributed by atoms with van der Waals surface area (Å²) in [5.41, 5.74) is 3.16. The predicted octanol–water partition coefficient (Wildman–Crippen LogP) is 4.23. The summed E-state index contributed by atoms with van der Waals surface area (Å²) in [5.74, 6) is 0.0644. The zero-order chi connectivity index (χ0) is 21.5. The minimum Gasteiger partial charge on any atom is -0.333 e. The summed E-state index contributed by atoms with van der Waals surface area (Å²) in [6.45, 7) is 3.02. The van der Waals surface area contributed by atoms with Crippen LogP contribution in [0.1, 0.15) is 70.5 Å². The average molecular weight is 417 g/mol. The van der Waals surface area contributed by atoms with Gasteiger partial charge in [0.1, 0.15) is 0 Å². The van der Waals surface area contributed by atoms with Crippen molar-refractivity contribution in [3.05, 3.63) is 70.8 Å². The highest BCUT2D eigenvalue weighted by molar-refractivity contribution is 6.21. The summed E-state index contributed by atoms with van der Waals surface area (Å²) in [6, 6.07) is 14.8. The standard InChI is InChI=1S/C26H28N2O3/c1-17-8-2-4-10-19(17)24(29)27-15-14-18-9-3-5-11-20(18)23(27)16-28-25(30)21-12-6-7-13-22(21)26(28)31/h3,5-7,9,11-13,17,19,23H,2,4,8,10,14-16H2,1H3/t17-,19+,23-/m0/s1. The van der Waals surface area contributed by atoms with Crippen molar-refractivity contribution in [2.75, 3.05) is 13.1 Å². The molecule has 2 aromatic carbocycles. The van der Waals surface area contributed by atoms with Crippen molar-refractivity contribution in [3.63, 3.8) is 0 Å². The maximum Gasteiger partial charge on any atom is 0.261 e. The minimum atomic E-state index is -0.297. The highest BCUT2D eigenvalue weighted by atomic mass is 16.2. The first-order valence-corrected chi connectivity index (χ1v) is 11.4. The van der Waals surface area contributed by atoms with Crippen molar-refractivity contribution in [2.24, 2.45) is 11.8 Å². The Labute approximate surface area is 183 Å². The third kappa shape index (κ3) is 3.36. The molecule has 0 radical (unpaired) electrons. The smallest absolute Gasteiger partial charge is 0.261 e. The van der Waals surface area contributed by atoms with Crippen molar-refractivity contribution >= 4 is 17.7 Å². The summed E-state index contributed by atoms with van der Waals surface area (Å²) in [4.78, 5) is 43.0. The molecule has 0 bridgehead atoms. The topological polar surface area (TPSA) is 57.7 Å². The lowest BCUT2D eigenvalue weighted by Crippen LogP contribution is -2.49. The van der Waals surface area contributed by atoms with E-state index in [1.54, 1.807) is 24.3 Å². The van der Waals surface area contributed by atoms with Gasteiger partial charge in [0.2, 0.25) is 5.91 Å². The minimum absolute atomic E-state index is 0.0312. The lowest BCUT2D eigenvalue weighted by molar-refractivity contribution is -0.141. The fourth-order valence-electron chi connectivity index (χ4n) is 5.59. The molecule has 0 saturated heterocycles. The summed E-state index contributed by atoms with van der Waals surface area (Å²) < 4.78 is 0. The summed E-state index contributed by atoms with van der Waals surface area (Å²) >= 11 is 0. The van der Waals surface area contributed by atoms with Gasteiger partial charge in [-0.2, -0.15) is 0 Å². The number of rotatable bonds is 3. The summed E-state index contributed by atoms with van der Waals surface area (Å²) in [5, 5.41) is 0. The first-order valence-electron chi connectivity index (χ1n) is 11.4. The number of hydrogen-bond acceptors (Lipinski definition) is 3. The molecule has 1 saturated carbocycles. The molecule has 3 atom stereocenters. The highest BCUT2D eigenvalue weighted by Gasteiger charge is 2.42. The SMILES string of the molecule is C[C@H]1CCCC[C@H]1C(=O)N1CCc2ccccc2[C@@H]1CN1C(=O)c2ccccc2C1=O. The molecule has 31 heavy (non-hydrogen) atoms. The molecule has 0 unspecified atom stereocenters. The van der Waals surface area contributed by atoms with Crippen molar-refractivity contribution < 1.29 is 14.4 Å². The Hall–Kier alpha value is -2.95. The largest absolute Gasteiger partial charge is 0.333 e. The Balaban J connectivity index is 1.48. The summed E-state index contributed by atoms with van der Waals surface area (Å²) in [6.07, 6.45) is 5.10. The number of hydrogen-bond donors (Lipinski definition) is 0. The second-order valence-corrected chi connectivity index (χ2v) is 9.13. The van der Waals surface area contributed by atoms with Crippen LogP contribution in [-0.4, -0.2) is 40.6 Å². The molecule has 0 spiro atoms. The van der Waals surface area contributed by atoms with Crippen LogP contribution in [-0.2, 0) is 11.2 Å². The van der Waals surface area contributed by atoms with Crippen LogP contribution in [0.4, 0.5) is 0 Å². The molecule has 2 aliphatic heterocycles. The van der Waals surface area contributed by atoms with Crippen molar-refractivity contribution in [1.29, 1.82) is 0 Å². The van der Waals surface area contributed by atoms with Gasteiger partial charge in [0.25, 0.3) is 11.8 Å². The number of carbonyl (C=O) groups is 3. The molecule has 5 nitrogen and oxygen atoms in total. The number of amides is 3. The van der Waals surface area contributed by atoms with Gasteiger partial charge in [-0.25, -0.2) is 0 Å². The molecule has 3 aliphatic rings. The van der Waals surface area contributed by atoms with Crippen LogP contribution in [0.5, 0.6) is 0 Å². The van der Waals surface area contributed by atoms with E-state index in [0.717, 1.165) is 31.2 Å². The van der Waals surface area contributed by atoms with E-state index in [4.69, 9.17) is 0 Å². The Bertz CT molecular complexity index is 1010. The number of fused-ring (bicyclic) bond motifs is 2. The van der Waals surface area contributed by atoms with E-state index in [0.29, 0.717) is 23.6 Å². The van der Waals surface area contributed by atoms with Crippen molar-refractivity contribution in [1.82, 2.24) is 9.80 Å². The van der Waals surface area contributed by atoms with Crippen LogP contribution < -0.4 is 0 Å². The van der Waals surface area contributed by atoms with Crippen LogP contribution >= 0.6 is 0 Å². The van der Waals surface area contributed by atoms with E-state index in [-0.39, 0.29) is 36.2 Å². The maximum absolute atomic E-state index is 13.7. The first-order chi connectivity index (χ1) is 15.1. The molecule has 1 aliphatic carbocycles. The number of carbonyl (C=O) groups excluding carboxylic acids is 3. The Morgan fingerprint density at radius 3 is 2.29 bits per heavy atom. The van der Waals surface area contributed by atoms with Gasteiger partial charge in [0.15, 0.2) is 0 Å². The zero-order valence-electron chi connectivity index (χ0n) is 17.9. The molecule has 1 fully saturated rings. The number of nitrogens with zero attached hydrogens (tertiary/aromatic N) is 2. The Kier molecular flexibility index (Phi) is 5.12. The van der Waals surface area contributed by atoms with E-state index in [1.165, 1.54) is 16.9 Å². The molecule has 3 amide bonds. The van der Waals surface area contributed by atoms with E-state index in [2.05, 4.69) is 13.0 Å². The van der Waals surface area contributed by atoms with Gasteiger partial charge in [0, 0.05) is 12.5 Å². The molecule has 160 valence electrons. The monoisotopic (exact) mass is 416 g/mol. The van der Waals surface area contributed by atoms with Gasteiger partial charge in [-0.1, -0.05) is 56.2 Å². The molecular formula is C26H28N2O3. The van der Waals surface area contributed by atoms with Crippen LogP contribution in [0.2, 0.25) is 0 Å². The van der Waals surface area contributed by atoms with Crippen molar-refractivity contribution in [2.45, 2.75) is 45.1 Å². The third-order valence-corrected chi connectivity index (χ3v) is 7.36. The molecule has 5 heteroatoms. The first kappa shape index (κ1) is 20.0. The normalized spacial score (nSPS) is 25.4. The van der Waals surface area contributed by atoms with Crippen LogP contribution in [0, 0.1) is 11.8 Å². The third-order valence-electron chi connectivity index (χ3n) is 7.36. The quantitative estimate of drug-likeness (QED) is 0.704. The highest BCUT2D eigenvalue weighted by Crippen LogP contribution is 2.37. The average Bonchev–Trinajstić information content (AvgIpc) is 3.04. The van der Waals surface area contributed by atoms with Crippen molar-refractivity contribution in [3.8, 4) is 0 Å². The van der Waals surface area contributed by atoms with Crippen LogP contribution in [0.3, 0.4) is 0 Å². The second-order valence-electron chi connectivity index (χ2n) is 9.13.